The number of anilines is 1. The lowest BCUT2D eigenvalue weighted by Crippen LogP contribution is -2.20. The van der Waals surface area contributed by atoms with Crippen LogP contribution in [-0.2, 0) is 4.79 Å². The molecule has 3 heterocycles. The summed E-state index contributed by atoms with van der Waals surface area (Å²) in [5.41, 5.74) is 3.62. The van der Waals surface area contributed by atoms with E-state index in [0.717, 1.165) is 33.2 Å². The van der Waals surface area contributed by atoms with Crippen molar-refractivity contribution in [3.8, 4) is 28.1 Å². The van der Waals surface area contributed by atoms with Crippen molar-refractivity contribution in [1.82, 2.24) is 25.1 Å². The molecule has 0 fully saturated rings. The lowest BCUT2D eigenvalue weighted by Gasteiger charge is -2.09. The first kappa shape index (κ1) is 19.4. The second kappa shape index (κ2) is 8.65. The third-order valence-electron chi connectivity index (χ3n) is 4.88. The van der Waals surface area contributed by atoms with Crippen LogP contribution in [0.1, 0.15) is 0 Å². The van der Waals surface area contributed by atoms with Gasteiger partial charge in [-0.25, -0.2) is 4.98 Å². The second-order valence-corrected chi connectivity index (χ2v) is 7.07. The zero-order valence-corrected chi connectivity index (χ0v) is 16.9. The maximum Gasteiger partial charge on any atom is 0.263 e. The number of rotatable bonds is 6. The molecule has 0 saturated carbocycles. The fourth-order valence-corrected chi connectivity index (χ4v) is 3.32. The van der Waals surface area contributed by atoms with Crippen molar-refractivity contribution >= 4 is 22.5 Å². The quantitative estimate of drug-likeness (QED) is 0.427. The maximum atomic E-state index is 12.4. The Morgan fingerprint density at radius 1 is 0.906 bits per heavy atom. The van der Waals surface area contributed by atoms with Crippen LogP contribution in [0.4, 0.5) is 5.82 Å². The summed E-state index contributed by atoms with van der Waals surface area (Å²) >= 11 is 0. The van der Waals surface area contributed by atoms with Crippen molar-refractivity contribution in [3.05, 3.63) is 85.7 Å². The van der Waals surface area contributed by atoms with Crippen LogP contribution in [-0.4, -0.2) is 37.7 Å². The van der Waals surface area contributed by atoms with Crippen LogP contribution in [0.5, 0.6) is 5.75 Å². The molecular weight excluding hydrogens is 404 g/mol. The number of hydrogen-bond acceptors (Lipinski definition) is 6. The summed E-state index contributed by atoms with van der Waals surface area (Å²) in [6.07, 6.45) is 10.3. The number of benzene rings is 2. The molecule has 0 unspecified atom stereocenters. The Kier molecular flexibility index (Phi) is 5.24. The Bertz CT molecular complexity index is 1370. The van der Waals surface area contributed by atoms with Gasteiger partial charge < -0.3 is 10.1 Å². The van der Waals surface area contributed by atoms with E-state index in [1.54, 1.807) is 37.1 Å². The summed E-state index contributed by atoms with van der Waals surface area (Å²) in [5.74, 6) is 0.732. The highest BCUT2D eigenvalue weighted by atomic mass is 16.5. The van der Waals surface area contributed by atoms with E-state index in [0.29, 0.717) is 11.6 Å². The number of amides is 1. The summed E-state index contributed by atoms with van der Waals surface area (Å²) in [6, 6.07) is 15.2. The number of pyridine rings is 1. The Morgan fingerprint density at radius 3 is 2.72 bits per heavy atom. The molecule has 0 bridgehead atoms. The van der Waals surface area contributed by atoms with Gasteiger partial charge in [0.1, 0.15) is 11.6 Å². The molecule has 5 aromatic rings. The first-order valence-electron chi connectivity index (χ1n) is 9.93. The largest absolute Gasteiger partial charge is 0.484 e. The van der Waals surface area contributed by atoms with Gasteiger partial charge in [-0.05, 0) is 35.2 Å². The van der Waals surface area contributed by atoms with Gasteiger partial charge in [0.2, 0.25) is 0 Å². The van der Waals surface area contributed by atoms with E-state index in [-0.39, 0.29) is 12.5 Å². The number of nitrogens with one attached hydrogen (secondary N) is 2. The highest BCUT2D eigenvalue weighted by molar-refractivity contribution is 5.94. The van der Waals surface area contributed by atoms with Crippen LogP contribution in [0.25, 0.3) is 33.2 Å². The Balaban J connectivity index is 1.26. The van der Waals surface area contributed by atoms with Gasteiger partial charge in [0.05, 0.1) is 18.1 Å². The summed E-state index contributed by atoms with van der Waals surface area (Å²) in [7, 11) is 0. The van der Waals surface area contributed by atoms with Crippen LogP contribution in [0.3, 0.4) is 0 Å². The predicted octanol–water partition coefficient (Wildman–Crippen LogP) is 4.10. The molecular formula is C24H18N6O2. The van der Waals surface area contributed by atoms with E-state index >= 15 is 0 Å². The second-order valence-electron chi connectivity index (χ2n) is 7.07. The molecule has 0 aliphatic carbocycles. The average molecular weight is 422 g/mol. The molecule has 0 saturated heterocycles. The number of aromatic nitrogens is 5. The number of fused-ring (bicyclic) bond motifs is 1. The standard InChI is InChI=1S/C24H18N6O2/c31-24(15-32-21-3-1-2-17(9-21)22-14-25-6-7-26-22)30-23-10-19-8-16(20-12-28-29-13-20)4-5-18(19)11-27-23/h1-14H,15H2,(H,28,29)(H,27,30,31). The summed E-state index contributed by atoms with van der Waals surface area (Å²) in [5, 5.41) is 11.5. The van der Waals surface area contributed by atoms with Gasteiger partial charge in [0.25, 0.3) is 5.91 Å². The first-order valence-corrected chi connectivity index (χ1v) is 9.93. The van der Waals surface area contributed by atoms with Crippen LogP contribution < -0.4 is 10.1 Å². The van der Waals surface area contributed by atoms with Crippen molar-refractivity contribution in [1.29, 1.82) is 0 Å². The molecule has 2 aromatic carbocycles. The zero-order chi connectivity index (χ0) is 21.8. The van der Waals surface area contributed by atoms with Crippen molar-refractivity contribution in [2.45, 2.75) is 0 Å². The molecule has 5 rings (SSSR count). The SMILES string of the molecule is O=C(COc1cccc(-c2cnccn2)c1)Nc1cc2cc(-c3cn[nH]c3)ccc2cn1. The van der Waals surface area contributed by atoms with E-state index in [9.17, 15) is 4.79 Å². The smallest absolute Gasteiger partial charge is 0.263 e. The van der Waals surface area contributed by atoms with Crippen molar-refractivity contribution in [3.63, 3.8) is 0 Å². The number of carbonyl (C=O) groups excluding carboxylic acids is 1. The van der Waals surface area contributed by atoms with Crippen molar-refractivity contribution in [2.24, 2.45) is 0 Å². The number of H-pyrrole nitrogens is 1. The number of carbonyl (C=O) groups is 1. The lowest BCUT2D eigenvalue weighted by atomic mass is 10.1. The van der Waals surface area contributed by atoms with Crippen LogP contribution >= 0.6 is 0 Å². The molecule has 0 aliphatic rings. The van der Waals surface area contributed by atoms with Gasteiger partial charge in [-0.3, -0.25) is 19.9 Å². The number of aromatic amines is 1. The predicted molar refractivity (Wildman–Crippen MR) is 121 cm³/mol. The Labute approximate surface area is 183 Å². The summed E-state index contributed by atoms with van der Waals surface area (Å²) in [6.45, 7) is -0.140. The number of hydrogen-bond donors (Lipinski definition) is 2. The van der Waals surface area contributed by atoms with Crippen LogP contribution in [0.2, 0.25) is 0 Å². The van der Waals surface area contributed by atoms with Gasteiger partial charge in [-0.15, -0.1) is 0 Å². The summed E-state index contributed by atoms with van der Waals surface area (Å²) < 4.78 is 5.66. The van der Waals surface area contributed by atoms with Gasteiger partial charge in [-0.1, -0.05) is 24.3 Å². The van der Waals surface area contributed by atoms with E-state index in [1.165, 1.54) is 0 Å². The highest BCUT2D eigenvalue weighted by Crippen LogP contribution is 2.25. The van der Waals surface area contributed by atoms with E-state index in [4.69, 9.17) is 4.74 Å². The van der Waals surface area contributed by atoms with E-state index in [1.807, 2.05) is 48.7 Å². The number of nitrogens with zero attached hydrogens (tertiary/aromatic N) is 4. The van der Waals surface area contributed by atoms with Gasteiger partial charge >= 0.3 is 0 Å². The minimum atomic E-state index is -0.298. The fraction of sp³-hybridized carbons (Fsp3) is 0.0417. The third kappa shape index (κ3) is 4.29. The van der Waals surface area contributed by atoms with Crippen molar-refractivity contribution in [2.75, 3.05) is 11.9 Å². The van der Waals surface area contributed by atoms with E-state index < -0.39 is 0 Å². The molecule has 0 radical (unpaired) electrons. The van der Waals surface area contributed by atoms with Crippen LogP contribution in [0.15, 0.2) is 85.7 Å². The molecule has 2 N–H and O–H groups in total. The Morgan fingerprint density at radius 2 is 1.88 bits per heavy atom. The fourth-order valence-electron chi connectivity index (χ4n) is 3.32. The van der Waals surface area contributed by atoms with Crippen LogP contribution in [0, 0.1) is 0 Å². The normalized spacial score (nSPS) is 10.8. The average Bonchev–Trinajstić information content (AvgIpc) is 3.38. The maximum absolute atomic E-state index is 12.4. The minimum absolute atomic E-state index is 0.140. The lowest BCUT2D eigenvalue weighted by molar-refractivity contribution is -0.118. The van der Waals surface area contributed by atoms with E-state index in [2.05, 4.69) is 30.5 Å². The molecule has 0 aliphatic heterocycles. The molecule has 3 aromatic heterocycles. The van der Waals surface area contributed by atoms with Gasteiger partial charge in [-0.2, -0.15) is 5.10 Å². The summed E-state index contributed by atoms with van der Waals surface area (Å²) in [4.78, 5) is 25.1. The third-order valence-corrected chi connectivity index (χ3v) is 4.88. The molecule has 8 heteroatoms. The van der Waals surface area contributed by atoms with Gasteiger partial charge in [0.15, 0.2) is 6.61 Å². The molecule has 1 amide bonds. The minimum Gasteiger partial charge on any atom is -0.484 e. The monoisotopic (exact) mass is 422 g/mol. The molecule has 0 atom stereocenters. The first-order chi connectivity index (χ1) is 15.7. The molecule has 156 valence electrons. The zero-order valence-electron chi connectivity index (χ0n) is 16.9. The molecule has 32 heavy (non-hydrogen) atoms. The molecule has 0 spiro atoms. The highest BCUT2D eigenvalue weighted by Gasteiger charge is 2.08. The van der Waals surface area contributed by atoms with Crippen molar-refractivity contribution < 1.29 is 9.53 Å². The number of ether oxygens (including phenoxy) is 1. The van der Waals surface area contributed by atoms with Gasteiger partial charge in [0, 0.05) is 41.3 Å². The molecule has 8 nitrogen and oxygen atoms in total. The topological polar surface area (TPSA) is 106 Å². The Hall–Kier alpha value is -4.59.